The lowest BCUT2D eigenvalue weighted by Crippen LogP contribution is -2.34. The highest BCUT2D eigenvalue weighted by atomic mass is 16.3. The average Bonchev–Trinajstić information content (AvgIpc) is 2.97. The maximum absolute atomic E-state index is 12.0. The Kier molecular flexibility index (Phi) is 6.21. The molecular formula is C17H26N2O2. The molecule has 1 amide bonds. The summed E-state index contributed by atoms with van der Waals surface area (Å²) >= 11 is 0. The van der Waals surface area contributed by atoms with Gasteiger partial charge in [-0.25, -0.2) is 0 Å². The Morgan fingerprint density at radius 3 is 2.81 bits per heavy atom. The van der Waals surface area contributed by atoms with Crippen LogP contribution in [0.1, 0.15) is 44.1 Å². The molecule has 1 saturated heterocycles. The Hall–Kier alpha value is -1.39. The van der Waals surface area contributed by atoms with Crippen molar-refractivity contribution in [1.29, 1.82) is 0 Å². The van der Waals surface area contributed by atoms with Crippen molar-refractivity contribution in [2.75, 3.05) is 13.1 Å². The summed E-state index contributed by atoms with van der Waals surface area (Å²) in [5.74, 6) is 0.257. The molecule has 116 valence electrons. The minimum Gasteiger partial charge on any atom is -0.393 e. The smallest absolute Gasteiger partial charge is 0.221 e. The second-order valence-electron chi connectivity index (χ2n) is 5.99. The third kappa shape index (κ3) is 5.48. The number of aliphatic hydroxyl groups excluding tert-OH is 1. The Morgan fingerprint density at radius 1 is 1.43 bits per heavy atom. The quantitative estimate of drug-likeness (QED) is 0.717. The zero-order chi connectivity index (χ0) is 15.1. The van der Waals surface area contributed by atoms with Crippen LogP contribution in [0.25, 0.3) is 0 Å². The fourth-order valence-corrected chi connectivity index (χ4v) is 2.94. The molecule has 2 rings (SSSR count). The first-order valence-electron chi connectivity index (χ1n) is 7.88. The number of amides is 1. The molecule has 1 heterocycles. The van der Waals surface area contributed by atoms with Crippen molar-refractivity contribution < 1.29 is 9.90 Å². The van der Waals surface area contributed by atoms with Crippen LogP contribution < -0.4 is 10.6 Å². The SMILES string of the molecule is CC(O)CC(CNC(=O)CC1CCCN1)c1ccccc1. The first-order valence-corrected chi connectivity index (χ1v) is 7.88. The summed E-state index contributed by atoms with van der Waals surface area (Å²) in [5, 5.41) is 16.0. The zero-order valence-corrected chi connectivity index (χ0v) is 12.7. The molecule has 0 aliphatic carbocycles. The largest absolute Gasteiger partial charge is 0.393 e. The van der Waals surface area contributed by atoms with Crippen molar-refractivity contribution in [1.82, 2.24) is 10.6 Å². The van der Waals surface area contributed by atoms with E-state index in [-0.39, 0.29) is 17.9 Å². The number of nitrogens with one attached hydrogen (secondary N) is 2. The Morgan fingerprint density at radius 2 is 2.19 bits per heavy atom. The third-order valence-electron chi connectivity index (χ3n) is 4.04. The molecule has 1 fully saturated rings. The van der Waals surface area contributed by atoms with Gasteiger partial charge in [-0.05, 0) is 38.3 Å². The molecule has 0 saturated carbocycles. The topological polar surface area (TPSA) is 61.4 Å². The minimum absolute atomic E-state index is 0.0981. The van der Waals surface area contributed by atoms with Gasteiger partial charge in [0.2, 0.25) is 5.91 Å². The van der Waals surface area contributed by atoms with Gasteiger partial charge in [-0.1, -0.05) is 30.3 Å². The minimum atomic E-state index is -0.372. The second kappa shape index (κ2) is 8.15. The fourth-order valence-electron chi connectivity index (χ4n) is 2.94. The van der Waals surface area contributed by atoms with E-state index in [0.29, 0.717) is 25.4 Å². The van der Waals surface area contributed by atoms with E-state index >= 15 is 0 Å². The van der Waals surface area contributed by atoms with Gasteiger partial charge in [0.05, 0.1) is 6.10 Å². The molecule has 0 radical (unpaired) electrons. The van der Waals surface area contributed by atoms with Crippen LogP contribution in [0, 0.1) is 0 Å². The van der Waals surface area contributed by atoms with Crippen molar-refractivity contribution in [3.63, 3.8) is 0 Å². The van der Waals surface area contributed by atoms with E-state index in [4.69, 9.17) is 0 Å². The molecule has 1 aliphatic rings. The molecule has 4 heteroatoms. The molecule has 21 heavy (non-hydrogen) atoms. The van der Waals surface area contributed by atoms with Crippen LogP contribution in [-0.4, -0.2) is 36.2 Å². The monoisotopic (exact) mass is 290 g/mol. The maximum Gasteiger partial charge on any atom is 0.221 e. The van der Waals surface area contributed by atoms with Crippen molar-refractivity contribution in [2.24, 2.45) is 0 Å². The molecule has 3 atom stereocenters. The Labute approximate surface area is 126 Å². The molecule has 0 aromatic heterocycles. The van der Waals surface area contributed by atoms with Crippen LogP contribution >= 0.6 is 0 Å². The van der Waals surface area contributed by atoms with Crippen molar-refractivity contribution in [3.8, 4) is 0 Å². The van der Waals surface area contributed by atoms with E-state index in [2.05, 4.69) is 22.8 Å². The van der Waals surface area contributed by atoms with E-state index in [1.807, 2.05) is 18.2 Å². The summed E-state index contributed by atoms with van der Waals surface area (Å²) in [5.41, 5.74) is 1.16. The van der Waals surface area contributed by atoms with Crippen LogP contribution in [0.5, 0.6) is 0 Å². The number of carbonyl (C=O) groups excluding carboxylic acids is 1. The van der Waals surface area contributed by atoms with E-state index in [9.17, 15) is 9.90 Å². The zero-order valence-electron chi connectivity index (χ0n) is 12.7. The molecule has 1 aromatic rings. The van der Waals surface area contributed by atoms with Gasteiger partial charge in [0, 0.05) is 24.9 Å². The highest BCUT2D eigenvalue weighted by Gasteiger charge is 2.19. The molecule has 1 aromatic carbocycles. The normalized spacial score (nSPS) is 21.0. The van der Waals surface area contributed by atoms with Gasteiger partial charge >= 0.3 is 0 Å². The molecule has 1 aliphatic heterocycles. The number of hydrogen-bond acceptors (Lipinski definition) is 3. The summed E-state index contributed by atoms with van der Waals surface area (Å²) in [6.45, 7) is 3.40. The highest BCUT2D eigenvalue weighted by Crippen LogP contribution is 2.20. The summed E-state index contributed by atoms with van der Waals surface area (Å²) in [6, 6.07) is 10.4. The fraction of sp³-hybridized carbons (Fsp3) is 0.588. The van der Waals surface area contributed by atoms with Gasteiger partial charge in [0.25, 0.3) is 0 Å². The first kappa shape index (κ1) is 16.0. The Bertz CT molecular complexity index is 428. The first-order chi connectivity index (χ1) is 10.1. The van der Waals surface area contributed by atoms with E-state index in [1.54, 1.807) is 6.92 Å². The van der Waals surface area contributed by atoms with Gasteiger partial charge in [-0.2, -0.15) is 0 Å². The number of aliphatic hydroxyl groups is 1. The lowest BCUT2D eigenvalue weighted by molar-refractivity contribution is -0.121. The summed E-state index contributed by atoms with van der Waals surface area (Å²) in [6.07, 6.45) is 3.08. The lowest BCUT2D eigenvalue weighted by atomic mass is 9.93. The molecule has 0 bridgehead atoms. The summed E-state index contributed by atoms with van der Waals surface area (Å²) < 4.78 is 0. The molecule has 3 unspecified atom stereocenters. The van der Waals surface area contributed by atoms with Crippen LogP contribution in [0.3, 0.4) is 0 Å². The average molecular weight is 290 g/mol. The number of rotatable bonds is 7. The second-order valence-corrected chi connectivity index (χ2v) is 5.99. The maximum atomic E-state index is 12.0. The van der Waals surface area contributed by atoms with Crippen LogP contribution in [0.4, 0.5) is 0 Å². The number of benzene rings is 1. The van der Waals surface area contributed by atoms with Gasteiger partial charge < -0.3 is 15.7 Å². The predicted molar refractivity (Wildman–Crippen MR) is 84.1 cm³/mol. The van der Waals surface area contributed by atoms with Crippen molar-refractivity contribution >= 4 is 5.91 Å². The molecular weight excluding hydrogens is 264 g/mol. The van der Waals surface area contributed by atoms with Gasteiger partial charge in [-0.15, -0.1) is 0 Å². The highest BCUT2D eigenvalue weighted by molar-refractivity contribution is 5.76. The molecule has 4 nitrogen and oxygen atoms in total. The van der Waals surface area contributed by atoms with E-state index in [1.165, 1.54) is 0 Å². The van der Waals surface area contributed by atoms with Gasteiger partial charge in [-0.3, -0.25) is 4.79 Å². The van der Waals surface area contributed by atoms with Crippen molar-refractivity contribution in [2.45, 2.75) is 50.7 Å². The summed E-state index contributed by atoms with van der Waals surface area (Å²) in [4.78, 5) is 12.0. The number of carbonyl (C=O) groups is 1. The Balaban J connectivity index is 1.85. The molecule has 0 spiro atoms. The summed E-state index contributed by atoms with van der Waals surface area (Å²) in [7, 11) is 0. The van der Waals surface area contributed by atoms with E-state index < -0.39 is 0 Å². The predicted octanol–water partition coefficient (Wildman–Crippen LogP) is 1.80. The van der Waals surface area contributed by atoms with Crippen LogP contribution in [0.2, 0.25) is 0 Å². The van der Waals surface area contributed by atoms with Gasteiger partial charge in [0.1, 0.15) is 0 Å². The van der Waals surface area contributed by atoms with E-state index in [0.717, 1.165) is 24.9 Å². The van der Waals surface area contributed by atoms with Crippen LogP contribution in [-0.2, 0) is 4.79 Å². The third-order valence-corrected chi connectivity index (χ3v) is 4.04. The van der Waals surface area contributed by atoms with Crippen molar-refractivity contribution in [3.05, 3.63) is 35.9 Å². The lowest BCUT2D eigenvalue weighted by Gasteiger charge is -2.20. The van der Waals surface area contributed by atoms with Gasteiger partial charge in [0.15, 0.2) is 0 Å². The molecule has 3 N–H and O–H groups in total. The standard InChI is InChI=1S/C17H26N2O2/c1-13(20)10-15(14-6-3-2-4-7-14)12-19-17(21)11-16-8-5-9-18-16/h2-4,6-7,13,15-16,18,20H,5,8-12H2,1H3,(H,19,21). The van der Waals surface area contributed by atoms with Crippen LogP contribution in [0.15, 0.2) is 30.3 Å². The number of hydrogen-bond donors (Lipinski definition) is 3.